The molecule has 0 saturated heterocycles. The predicted molar refractivity (Wildman–Crippen MR) is 84.2 cm³/mol. The number of carboxylic acid groups (broad SMARTS) is 1. The molecule has 116 valence electrons. The number of phenolic OH excluding ortho intramolecular Hbond substituents is 1. The summed E-state index contributed by atoms with van der Waals surface area (Å²) in [7, 11) is 0. The monoisotopic (exact) mass is 301 g/mol. The summed E-state index contributed by atoms with van der Waals surface area (Å²) in [6.07, 6.45) is 0.305. The Balaban J connectivity index is 2.26. The topological polar surface area (TPSA) is 92.8 Å². The molecule has 2 aromatic rings. The van der Waals surface area contributed by atoms with Crippen LogP contribution in [0.1, 0.15) is 24.0 Å². The Labute approximate surface area is 129 Å². The largest absolute Gasteiger partial charge is 0.504 e. The fourth-order valence-corrected chi connectivity index (χ4v) is 2.27. The van der Waals surface area contributed by atoms with Crippen molar-refractivity contribution in [2.45, 2.75) is 19.3 Å². The van der Waals surface area contributed by atoms with E-state index in [1.807, 2.05) is 6.92 Å². The lowest BCUT2D eigenvalue weighted by Crippen LogP contribution is -2.14. The van der Waals surface area contributed by atoms with Crippen molar-refractivity contribution in [3.8, 4) is 11.5 Å². The van der Waals surface area contributed by atoms with E-state index in [1.165, 1.54) is 6.07 Å². The molecule has 0 spiro atoms. The van der Waals surface area contributed by atoms with Gasteiger partial charge in [-0.25, -0.2) is 0 Å². The van der Waals surface area contributed by atoms with Crippen molar-refractivity contribution in [1.29, 1.82) is 0 Å². The molecular weight excluding hydrogens is 282 g/mol. The smallest absolute Gasteiger partial charge is 0.311 e. The lowest BCUT2D eigenvalue weighted by molar-refractivity contribution is -0.138. The van der Waals surface area contributed by atoms with E-state index in [4.69, 9.17) is 10.5 Å². The van der Waals surface area contributed by atoms with Crippen LogP contribution >= 0.6 is 0 Å². The first kappa shape index (κ1) is 15.7. The van der Waals surface area contributed by atoms with Gasteiger partial charge >= 0.3 is 5.97 Å². The molecule has 22 heavy (non-hydrogen) atoms. The summed E-state index contributed by atoms with van der Waals surface area (Å²) >= 11 is 0. The number of aromatic hydroxyl groups is 1. The summed E-state index contributed by atoms with van der Waals surface area (Å²) in [6, 6.07) is 11.7. The van der Waals surface area contributed by atoms with Crippen molar-refractivity contribution in [2.75, 3.05) is 12.3 Å². The van der Waals surface area contributed by atoms with Gasteiger partial charge in [0.25, 0.3) is 0 Å². The average molecular weight is 301 g/mol. The van der Waals surface area contributed by atoms with E-state index < -0.39 is 11.9 Å². The third-order valence-electron chi connectivity index (χ3n) is 3.40. The molecular formula is C17H19NO4. The number of hydrogen-bond donors (Lipinski definition) is 3. The van der Waals surface area contributed by atoms with Gasteiger partial charge in [-0.3, -0.25) is 4.79 Å². The van der Waals surface area contributed by atoms with E-state index in [2.05, 4.69) is 0 Å². The van der Waals surface area contributed by atoms with Gasteiger partial charge < -0.3 is 20.7 Å². The maximum absolute atomic E-state index is 11.6. The summed E-state index contributed by atoms with van der Waals surface area (Å²) in [4.78, 5) is 11.6. The van der Waals surface area contributed by atoms with Crippen LogP contribution in [0.25, 0.3) is 0 Å². The van der Waals surface area contributed by atoms with Crippen LogP contribution < -0.4 is 10.5 Å². The highest BCUT2D eigenvalue weighted by molar-refractivity contribution is 5.76. The van der Waals surface area contributed by atoms with E-state index >= 15 is 0 Å². The van der Waals surface area contributed by atoms with Gasteiger partial charge in [-0.05, 0) is 48.7 Å². The van der Waals surface area contributed by atoms with Gasteiger partial charge in [0, 0.05) is 5.69 Å². The van der Waals surface area contributed by atoms with E-state index in [0.717, 1.165) is 5.56 Å². The Morgan fingerprint density at radius 3 is 2.50 bits per heavy atom. The Morgan fingerprint density at radius 1 is 1.23 bits per heavy atom. The van der Waals surface area contributed by atoms with E-state index in [0.29, 0.717) is 30.0 Å². The number of hydrogen-bond acceptors (Lipinski definition) is 4. The van der Waals surface area contributed by atoms with Gasteiger partial charge in [-0.15, -0.1) is 0 Å². The van der Waals surface area contributed by atoms with Crippen LogP contribution in [0.3, 0.4) is 0 Å². The predicted octanol–water partition coefficient (Wildman–Crippen LogP) is 2.78. The van der Waals surface area contributed by atoms with Crippen molar-refractivity contribution < 1.29 is 19.7 Å². The standard InChI is InChI=1S/C17H19NO4/c1-2-22-16-10-11(3-8-15(16)19)9-14(17(20)21)12-4-6-13(18)7-5-12/h3-8,10,14,19H,2,9,18H2,1H3,(H,20,21). The van der Waals surface area contributed by atoms with Crippen molar-refractivity contribution in [3.63, 3.8) is 0 Å². The maximum atomic E-state index is 11.6. The Morgan fingerprint density at radius 2 is 1.91 bits per heavy atom. The fourth-order valence-electron chi connectivity index (χ4n) is 2.27. The third-order valence-corrected chi connectivity index (χ3v) is 3.40. The highest BCUT2D eigenvalue weighted by Crippen LogP contribution is 2.30. The number of aliphatic carboxylic acids is 1. The minimum Gasteiger partial charge on any atom is -0.504 e. The quantitative estimate of drug-likeness (QED) is 0.713. The highest BCUT2D eigenvalue weighted by atomic mass is 16.5. The molecule has 0 fully saturated rings. The lowest BCUT2D eigenvalue weighted by Gasteiger charge is -2.14. The molecule has 0 bridgehead atoms. The molecule has 0 radical (unpaired) electrons. The van der Waals surface area contributed by atoms with Crippen LogP contribution in [0.4, 0.5) is 5.69 Å². The fraction of sp³-hybridized carbons (Fsp3) is 0.235. The van der Waals surface area contributed by atoms with Gasteiger partial charge in [0.1, 0.15) is 0 Å². The number of nitrogens with two attached hydrogens (primary N) is 1. The maximum Gasteiger partial charge on any atom is 0.311 e. The molecule has 0 aliphatic carbocycles. The first-order valence-corrected chi connectivity index (χ1v) is 7.04. The number of nitrogen functional groups attached to an aromatic ring is 1. The molecule has 1 atom stereocenters. The van der Waals surface area contributed by atoms with E-state index in [9.17, 15) is 15.0 Å². The zero-order valence-corrected chi connectivity index (χ0v) is 12.3. The summed E-state index contributed by atoms with van der Waals surface area (Å²) < 4.78 is 5.33. The Kier molecular flexibility index (Phi) is 4.88. The van der Waals surface area contributed by atoms with Crippen LogP contribution in [0.2, 0.25) is 0 Å². The van der Waals surface area contributed by atoms with Crippen molar-refractivity contribution in [2.24, 2.45) is 0 Å². The van der Waals surface area contributed by atoms with E-state index in [-0.39, 0.29) is 5.75 Å². The van der Waals surface area contributed by atoms with Gasteiger partial charge in [0.2, 0.25) is 0 Å². The zero-order chi connectivity index (χ0) is 16.1. The SMILES string of the molecule is CCOc1cc(CC(C(=O)O)c2ccc(N)cc2)ccc1O. The van der Waals surface area contributed by atoms with Crippen LogP contribution in [0, 0.1) is 0 Å². The van der Waals surface area contributed by atoms with Gasteiger partial charge in [-0.2, -0.15) is 0 Å². The second kappa shape index (κ2) is 6.85. The second-order valence-electron chi connectivity index (χ2n) is 5.00. The molecule has 0 aliphatic rings. The minimum absolute atomic E-state index is 0.0463. The van der Waals surface area contributed by atoms with Gasteiger partial charge in [0.15, 0.2) is 11.5 Å². The molecule has 0 heterocycles. The minimum atomic E-state index is -0.907. The molecule has 5 nitrogen and oxygen atoms in total. The van der Waals surface area contributed by atoms with Gasteiger partial charge in [-0.1, -0.05) is 18.2 Å². The summed E-state index contributed by atoms with van der Waals surface area (Å²) in [5.41, 5.74) is 7.70. The van der Waals surface area contributed by atoms with Crippen molar-refractivity contribution in [3.05, 3.63) is 53.6 Å². The molecule has 1 unspecified atom stereocenters. The van der Waals surface area contributed by atoms with Crippen LogP contribution in [0.15, 0.2) is 42.5 Å². The van der Waals surface area contributed by atoms with Gasteiger partial charge in [0.05, 0.1) is 12.5 Å². The lowest BCUT2D eigenvalue weighted by atomic mass is 9.92. The highest BCUT2D eigenvalue weighted by Gasteiger charge is 2.21. The van der Waals surface area contributed by atoms with Crippen molar-refractivity contribution >= 4 is 11.7 Å². The number of carboxylic acids is 1. The first-order valence-electron chi connectivity index (χ1n) is 7.04. The van der Waals surface area contributed by atoms with Crippen LogP contribution in [-0.2, 0) is 11.2 Å². The molecule has 2 aromatic carbocycles. The Bertz CT molecular complexity index is 652. The summed E-state index contributed by atoms with van der Waals surface area (Å²) in [5, 5.41) is 19.2. The third kappa shape index (κ3) is 3.69. The molecule has 0 saturated carbocycles. The number of phenols is 1. The zero-order valence-electron chi connectivity index (χ0n) is 12.3. The molecule has 0 aromatic heterocycles. The Hall–Kier alpha value is -2.69. The number of rotatable bonds is 6. The molecule has 0 amide bonds. The molecule has 0 aliphatic heterocycles. The molecule has 2 rings (SSSR count). The first-order chi connectivity index (χ1) is 10.5. The summed E-state index contributed by atoms with van der Waals surface area (Å²) in [6.45, 7) is 2.25. The van der Waals surface area contributed by atoms with E-state index in [1.54, 1.807) is 36.4 Å². The number of carbonyl (C=O) groups is 1. The summed E-state index contributed by atoms with van der Waals surface area (Å²) in [5.74, 6) is -1.18. The normalized spacial score (nSPS) is 11.9. The average Bonchev–Trinajstić information content (AvgIpc) is 2.49. The number of ether oxygens (including phenoxy) is 1. The number of anilines is 1. The molecule has 5 heteroatoms. The number of benzene rings is 2. The second-order valence-corrected chi connectivity index (χ2v) is 5.00. The van der Waals surface area contributed by atoms with Crippen molar-refractivity contribution in [1.82, 2.24) is 0 Å². The van der Waals surface area contributed by atoms with Crippen LogP contribution in [0.5, 0.6) is 11.5 Å². The molecule has 4 N–H and O–H groups in total. The van der Waals surface area contributed by atoms with Crippen LogP contribution in [-0.4, -0.2) is 22.8 Å².